The fourth-order valence-electron chi connectivity index (χ4n) is 2.57. The van der Waals surface area contributed by atoms with E-state index in [4.69, 9.17) is 0 Å². The van der Waals surface area contributed by atoms with E-state index in [-0.39, 0.29) is 6.61 Å². The zero-order chi connectivity index (χ0) is 14.3. The first kappa shape index (κ1) is 16.2. The number of hydrogen-bond acceptors (Lipinski definition) is 2. The van der Waals surface area contributed by atoms with Gasteiger partial charge in [-0.2, -0.15) is 0 Å². The average Bonchev–Trinajstić information content (AvgIpc) is 2.41. The third-order valence-electron chi connectivity index (χ3n) is 3.88. The lowest BCUT2D eigenvalue weighted by molar-refractivity contribution is 0.136. The molecule has 0 unspecified atom stereocenters. The molecule has 0 bridgehead atoms. The van der Waals surface area contributed by atoms with Gasteiger partial charge in [0.05, 0.1) is 6.61 Å². The normalized spacial score (nSPS) is 11.8. The van der Waals surface area contributed by atoms with Crippen molar-refractivity contribution < 1.29 is 5.11 Å². The van der Waals surface area contributed by atoms with Crippen molar-refractivity contribution in [2.45, 2.75) is 59.0 Å². The quantitative estimate of drug-likeness (QED) is 0.771. The maximum atomic E-state index is 9.23. The Morgan fingerprint density at radius 3 is 2.05 bits per heavy atom. The Bertz CT molecular complexity index is 341. The summed E-state index contributed by atoms with van der Waals surface area (Å²) < 4.78 is 0. The van der Waals surface area contributed by atoms with Gasteiger partial charge < -0.3 is 5.11 Å². The summed E-state index contributed by atoms with van der Waals surface area (Å²) in [5, 5.41) is 9.23. The average molecular weight is 263 g/mol. The van der Waals surface area contributed by atoms with Crippen LogP contribution in [0.4, 0.5) is 0 Å². The Balaban J connectivity index is 2.72. The topological polar surface area (TPSA) is 23.5 Å². The summed E-state index contributed by atoms with van der Waals surface area (Å²) in [4.78, 5) is 2.39. The van der Waals surface area contributed by atoms with Crippen molar-refractivity contribution in [3.63, 3.8) is 0 Å². The molecule has 2 heteroatoms. The molecule has 0 fully saturated rings. The number of aliphatic hydroxyl groups is 1. The molecule has 0 spiro atoms. The third-order valence-corrected chi connectivity index (χ3v) is 3.88. The molecule has 0 aliphatic carbocycles. The standard InChI is InChI=1S/C17H29NO/c1-5-17(6-2)18(11-12-19)13-15-7-9-16(10-8-15)14(3)4/h7-10,14,17,19H,5-6,11-13H2,1-4H3. The molecule has 0 saturated carbocycles. The molecule has 0 atom stereocenters. The first-order valence-corrected chi connectivity index (χ1v) is 7.56. The third kappa shape index (κ3) is 4.96. The van der Waals surface area contributed by atoms with Gasteiger partial charge in [0, 0.05) is 19.1 Å². The number of benzene rings is 1. The molecule has 0 amide bonds. The fraction of sp³-hybridized carbons (Fsp3) is 0.647. The minimum absolute atomic E-state index is 0.237. The minimum Gasteiger partial charge on any atom is -0.395 e. The van der Waals surface area contributed by atoms with Gasteiger partial charge in [-0.1, -0.05) is 52.0 Å². The summed E-state index contributed by atoms with van der Waals surface area (Å²) in [6, 6.07) is 9.47. The van der Waals surface area contributed by atoms with Crippen molar-refractivity contribution in [1.29, 1.82) is 0 Å². The Labute approximate surface area is 118 Å². The van der Waals surface area contributed by atoms with Gasteiger partial charge in [0.25, 0.3) is 0 Å². The van der Waals surface area contributed by atoms with Crippen molar-refractivity contribution in [1.82, 2.24) is 4.90 Å². The Morgan fingerprint density at radius 2 is 1.63 bits per heavy atom. The smallest absolute Gasteiger partial charge is 0.0558 e. The number of aliphatic hydroxyl groups excluding tert-OH is 1. The lowest BCUT2D eigenvalue weighted by atomic mass is 10.0. The van der Waals surface area contributed by atoms with Crippen molar-refractivity contribution in [2.75, 3.05) is 13.2 Å². The van der Waals surface area contributed by atoms with Crippen molar-refractivity contribution >= 4 is 0 Å². The number of nitrogens with zero attached hydrogens (tertiary/aromatic N) is 1. The predicted molar refractivity (Wildman–Crippen MR) is 82.4 cm³/mol. The molecular weight excluding hydrogens is 234 g/mol. The van der Waals surface area contributed by atoms with Gasteiger partial charge in [0.15, 0.2) is 0 Å². The summed E-state index contributed by atoms with van der Waals surface area (Å²) in [5.41, 5.74) is 2.73. The van der Waals surface area contributed by atoms with Crippen LogP contribution in [0.2, 0.25) is 0 Å². The van der Waals surface area contributed by atoms with Gasteiger partial charge in [-0.15, -0.1) is 0 Å². The second-order valence-electron chi connectivity index (χ2n) is 5.56. The molecule has 0 heterocycles. The van der Waals surface area contributed by atoms with Crippen LogP contribution in [0.25, 0.3) is 0 Å². The maximum Gasteiger partial charge on any atom is 0.0558 e. The van der Waals surface area contributed by atoms with E-state index in [9.17, 15) is 5.11 Å². The lowest BCUT2D eigenvalue weighted by Crippen LogP contribution is -2.36. The van der Waals surface area contributed by atoms with Crippen molar-refractivity contribution in [2.24, 2.45) is 0 Å². The number of rotatable bonds is 8. The Hall–Kier alpha value is -0.860. The largest absolute Gasteiger partial charge is 0.395 e. The summed E-state index contributed by atoms with van der Waals surface area (Å²) in [6.45, 7) is 10.8. The first-order valence-electron chi connectivity index (χ1n) is 7.56. The first-order chi connectivity index (χ1) is 9.12. The van der Waals surface area contributed by atoms with E-state index in [1.807, 2.05) is 0 Å². The molecule has 1 aromatic rings. The second-order valence-corrected chi connectivity index (χ2v) is 5.56. The second kappa shape index (κ2) is 8.34. The monoisotopic (exact) mass is 263 g/mol. The summed E-state index contributed by atoms with van der Waals surface area (Å²) in [6.07, 6.45) is 2.28. The van der Waals surface area contributed by atoms with E-state index in [0.29, 0.717) is 12.0 Å². The highest BCUT2D eigenvalue weighted by molar-refractivity contribution is 5.24. The van der Waals surface area contributed by atoms with Gasteiger partial charge >= 0.3 is 0 Å². The van der Waals surface area contributed by atoms with Crippen LogP contribution in [-0.4, -0.2) is 29.2 Å². The van der Waals surface area contributed by atoms with Crippen LogP contribution in [0, 0.1) is 0 Å². The SMILES string of the molecule is CCC(CC)N(CCO)Cc1ccc(C(C)C)cc1. The highest BCUT2D eigenvalue weighted by Gasteiger charge is 2.14. The van der Waals surface area contributed by atoms with E-state index < -0.39 is 0 Å². The van der Waals surface area contributed by atoms with Gasteiger partial charge in [-0.05, 0) is 29.9 Å². The zero-order valence-electron chi connectivity index (χ0n) is 12.9. The summed E-state index contributed by atoms with van der Waals surface area (Å²) >= 11 is 0. The maximum absolute atomic E-state index is 9.23. The van der Waals surface area contributed by atoms with E-state index >= 15 is 0 Å². The molecule has 0 radical (unpaired) electrons. The van der Waals surface area contributed by atoms with Crippen LogP contribution in [0.15, 0.2) is 24.3 Å². The van der Waals surface area contributed by atoms with Crippen LogP contribution in [0.5, 0.6) is 0 Å². The molecule has 0 aromatic heterocycles. The fourth-order valence-corrected chi connectivity index (χ4v) is 2.57. The van der Waals surface area contributed by atoms with Crippen LogP contribution >= 0.6 is 0 Å². The molecule has 1 N–H and O–H groups in total. The molecular formula is C17H29NO. The van der Waals surface area contributed by atoms with Crippen LogP contribution < -0.4 is 0 Å². The van der Waals surface area contributed by atoms with E-state index in [2.05, 4.69) is 56.9 Å². The van der Waals surface area contributed by atoms with E-state index in [1.54, 1.807) is 0 Å². The van der Waals surface area contributed by atoms with Crippen LogP contribution in [0.1, 0.15) is 57.6 Å². The van der Waals surface area contributed by atoms with Gasteiger partial charge in [-0.3, -0.25) is 4.90 Å². The molecule has 2 nitrogen and oxygen atoms in total. The molecule has 0 aliphatic heterocycles. The molecule has 1 rings (SSSR count). The van der Waals surface area contributed by atoms with Crippen LogP contribution in [0.3, 0.4) is 0 Å². The van der Waals surface area contributed by atoms with Crippen molar-refractivity contribution in [3.05, 3.63) is 35.4 Å². The summed E-state index contributed by atoms with van der Waals surface area (Å²) in [5.74, 6) is 0.585. The van der Waals surface area contributed by atoms with Crippen LogP contribution in [-0.2, 0) is 6.54 Å². The predicted octanol–water partition coefficient (Wildman–Crippen LogP) is 3.79. The Morgan fingerprint density at radius 1 is 1.05 bits per heavy atom. The van der Waals surface area contributed by atoms with Gasteiger partial charge in [0.1, 0.15) is 0 Å². The highest BCUT2D eigenvalue weighted by Crippen LogP contribution is 2.17. The molecule has 19 heavy (non-hydrogen) atoms. The highest BCUT2D eigenvalue weighted by atomic mass is 16.3. The summed E-state index contributed by atoms with van der Waals surface area (Å²) in [7, 11) is 0. The van der Waals surface area contributed by atoms with E-state index in [0.717, 1.165) is 25.9 Å². The zero-order valence-corrected chi connectivity index (χ0v) is 12.9. The van der Waals surface area contributed by atoms with Crippen molar-refractivity contribution in [3.8, 4) is 0 Å². The lowest BCUT2D eigenvalue weighted by Gasteiger charge is -2.30. The molecule has 0 aliphatic rings. The molecule has 0 saturated heterocycles. The minimum atomic E-state index is 0.237. The molecule has 1 aromatic carbocycles. The Kier molecular flexibility index (Phi) is 7.11. The van der Waals surface area contributed by atoms with Gasteiger partial charge in [-0.25, -0.2) is 0 Å². The molecule has 108 valence electrons. The van der Waals surface area contributed by atoms with E-state index in [1.165, 1.54) is 11.1 Å². The van der Waals surface area contributed by atoms with Gasteiger partial charge in [0.2, 0.25) is 0 Å². The number of hydrogen-bond donors (Lipinski definition) is 1.